The van der Waals surface area contributed by atoms with Gasteiger partial charge in [-0.3, -0.25) is 4.79 Å². The third kappa shape index (κ3) is 6.15. The number of carbonyl (C=O) groups is 1. The average Bonchev–Trinajstić information content (AvgIpc) is 2.51. The Morgan fingerprint density at radius 1 is 0.957 bits per heavy atom. The monoisotopic (exact) mass is 310 g/mol. The third-order valence-corrected chi connectivity index (χ3v) is 3.75. The van der Waals surface area contributed by atoms with Crippen molar-refractivity contribution in [3.63, 3.8) is 0 Å². The molecule has 122 valence electrons. The lowest BCUT2D eigenvalue weighted by Crippen LogP contribution is -2.27. The number of hydrogen-bond donors (Lipinski definition) is 2. The Labute approximate surface area is 138 Å². The molecule has 0 radical (unpaired) electrons. The van der Waals surface area contributed by atoms with Gasteiger partial charge in [0.25, 0.3) is 0 Å². The van der Waals surface area contributed by atoms with Gasteiger partial charge in [0.05, 0.1) is 6.42 Å². The van der Waals surface area contributed by atoms with Gasteiger partial charge in [-0.15, -0.1) is 0 Å². The molecule has 2 aromatic rings. The van der Waals surface area contributed by atoms with Gasteiger partial charge in [0.15, 0.2) is 0 Å². The Morgan fingerprint density at radius 2 is 1.52 bits per heavy atom. The summed E-state index contributed by atoms with van der Waals surface area (Å²) in [5.41, 5.74) is 9.98. The van der Waals surface area contributed by atoms with Crippen LogP contribution in [0.4, 0.5) is 5.69 Å². The summed E-state index contributed by atoms with van der Waals surface area (Å²) in [5.74, 6) is 0.717. The van der Waals surface area contributed by atoms with Crippen molar-refractivity contribution in [2.24, 2.45) is 5.92 Å². The molecule has 0 aliphatic rings. The van der Waals surface area contributed by atoms with Crippen molar-refractivity contribution in [1.29, 1.82) is 0 Å². The minimum absolute atomic E-state index is 0.0667. The zero-order valence-corrected chi connectivity index (χ0v) is 14.0. The Balaban J connectivity index is 1.75. The topological polar surface area (TPSA) is 55.1 Å². The van der Waals surface area contributed by atoms with Crippen molar-refractivity contribution in [2.75, 3.05) is 12.3 Å². The first-order valence-electron chi connectivity index (χ1n) is 8.22. The van der Waals surface area contributed by atoms with E-state index in [1.54, 1.807) is 0 Å². The Kier molecular flexibility index (Phi) is 6.21. The van der Waals surface area contributed by atoms with Crippen LogP contribution in [0.2, 0.25) is 0 Å². The molecule has 0 saturated carbocycles. The van der Waals surface area contributed by atoms with Crippen molar-refractivity contribution >= 4 is 11.6 Å². The van der Waals surface area contributed by atoms with Crippen LogP contribution in [0.25, 0.3) is 0 Å². The molecule has 23 heavy (non-hydrogen) atoms. The lowest BCUT2D eigenvalue weighted by atomic mass is 10.0. The number of nitrogens with two attached hydrogens (primary N) is 1. The van der Waals surface area contributed by atoms with Crippen LogP contribution in [-0.2, 0) is 24.1 Å². The second-order valence-corrected chi connectivity index (χ2v) is 6.43. The van der Waals surface area contributed by atoms with Crippen molar-refractivity contribution in [3.05, 3.63) is 65.2 Å². The standard InChI is InChI=1S/C20H26N2O/c1-15(2)13-17-3-5-18(6-4-17)14-20(23)22-12-11-16-7-9-19(21)10-8-16/h3-10,15H,11-14,21H2,1-2H3,(H,22,23). The normalized spacial score (nSPS) is 10.7. The molecule has 0 spiro atoms. The van der Waals surface area contributed by atoms with Crippen LogP contribution in [0.3, 0.4) is 0 Å². The highest BCUT2D eigenvalue weighted by molar-refractivity contribution is 5.78. The van der Waals surface area contributed by atoms with Crippen molar-refractivity contribution in [3.8, 4) is 0 Å². The van der Waals surface area contributed by atoms with Gasteiger partial charge < -0.3 is 11.1 Å². The highest BCUT2D eigenvalue weighted by Crippen LogP contribution is 2.10. The molecule has 0 saturated heterocycles. The van der Waals surface area contributed by atoms with E-state index in [0.717, 1.165) is 24.1 Å². The smallest absolute Gasteiger partial charge is 0.224 e. The number of benzene rings is 2. The summed E-state index contributed by atoms with van der Waals surface area (Å²) < 4.78 is 0. The minimum Gasteiger partial charge on any atom is -0.399 e. The maximum atomic E-state index is 12.0. The van der Waals surface area contributed by atoms with Gasteiger partial charge in [0.1, 0.15) is 0 Å². The Hall–Kier alpha value is -2.29. The third-order valence-electron chi connectivity index (χ3n) is 3.75. The number of anilines is 1. The van der Waals surface area contributed by atoms with Crippen LogP contribution in [0.5, 0.6) is 0 Å². The molecule has 0 aliphatic carbocycles. The summed E-state index contributed by atoms with van der Waals surface area (Å²) in [5, 5.41) is 2.97. The largest absolute Gasteiger partial charge is 0.399 e. The quantitative estimate of drug-likeness (QED) is 0.770. The minimum atomic E-state index is 0.0667. The highest BCUT2D eigenvalue weighted by atomic mass is 16.1. The van der Waals surface area contributed by atoms with E-state index in [2.05, 4.69) is 43.4 Å². The van der Waals surface area contributed by atoms with Crippen LogP contribution in [-0.4, -0.2) is 12.5 Å². The molecular weight excluding hydrogens is 284 g/mol. The molecule has 3 heteroatoms. The lowest BCUT2D eigenvalue weighted by molar-refractivity contribution is -0.120. The molecule has 0 atom stereocenters. The van der Waals surface area contributed by atoms with Crippen LogP contribution in [0.1, 0.15) is 30.5 Å². The molecule has 0 aliphatic heterocycles. The second kappa shape index (κ2) is 8.37. The number of hydrogen-bond acceptors (Lipinski definition) is 2. The van der Waals surface area contributed by atoms with Gasteiger partial charge in [0.2, 0.25) is 5.91 Å². The molecule has 2 rings (SSSR count). The van der Waals surface area contributed by atoms with E-state index in [1.807, 2.05) is 24.3 Å². The van der Waals surface area contributed by atoms with Gasteiger partial charge in [-0.05, 0) is 47.6 Å². The lowest BCUT2D eigenvalue weighted by Gasteiger charge is -2.08. The molecule has 3 nitrogen and oxygen atoms in total. The van der Waals surface area contributed by atoms with E-state index in [1.165, 1.54) is 11.1 Å². The molecular formula is C20H26N2O. The summed E-state index contributed by atoms with van der Waals surface area (Å²) in [7, 11) is 0. The molecule has 1 amide bonds. The average molecular weight is 310 g/mol. The zero-order valence-electron chi connectivity index (χ0n) is 14.0. The SMILES string of the molecule is CC(C)Cc1ccc(CC(=O)NCCc2ccc(N)cc2)cc1. The van der Waals surface area contributed by atoms with Gasteiger partial charge >= 0.3 is 0 Å². The van der Waals surface area contributed by atoms with Crippen LogP contribution in [0.15, 0.2) is 48.5 Å². The maximum absolute atomic E-state index is 12.0. The summed E-state index contributed by atoms with van der Waals surface area (Å²) in [4.78, 5) is 12.0. The second-order valence-electron chi connectivity index (χ2n) is 6.43. The number of rotatable bonds is 7. The van der Waals surface area contributed by atoms with Crippen LogP contribution >= 0.6 is 0 Å². The number of carbonyl (C=O) groups excluding carboxylic acids is 1. The zero-order chi connectivity index (χ0) is 16.7. The number of amides is 1. The van der Waals surface area contributed by atoms with Gasteiger partial charge in [-0.25, -0.2) is 0 Å². The summed E-state index contributed by atoms with van der Waals surface area (Å²) >= 11 is 0. The Bertz CT molecular complexity index is 615. The van der Waals surface area contributed by atoms with E-state index < -0.39 is 0 Å². The van der Waals surface area contributed by atoms with Crippen molar-refractivity contribution in [2.45, 2.75) is 33.1 Å². The molecule has 0 unspecified atom stereocenters. The van der Waals surface area contributed by atoms with Gasteiger partial charge in [0, 0.05) is 12.2 Å². The highest BCUT2D eigenvalue weighted by Gasteiger charge is 2.04. The molecule has 2 aromatic carbocycles. The summed E-state index contributed by atoms with van der Waals surface area (Å²) in [6, 6.07) is 16.1. The van der Waals surface area contributed by atoms with E-state index in [9.17, 15) is 4.79 Å². The summed E-state index contributed by atoms with van der Waals surface area (Å²) in [6.07, 6.45) is 2.33. The molecule has 0 aromatic heterocycles. The Morgan fingerprint density at radius 3 is 2.13 bits per heavy atom. The fraction of sp³-hybridized carbons (Fsp3) is 0.350. The maximum Gasteiger partial charge on any atom is 0.224 e. The molecule has 0 fully saturated rings. The van der Waals surface area contributed by atoms with Crippen LogP contribution in [0, 0.1) is 5.92 Å². The van der Waals surface area contributed by atoms with Gasteiger partial charge in [-0.2, -0.15) is 0 Å². The predicted octanol–water partition coefficient (Wildman–Crippen LogP) is 3.37. The fourth-order valence-electron chi connectivity index (χ4n) is 2.54. The molecule has 0 heterocycles. The van der Waals surface area contributed by atoms with Crippen molar-refractivity contribution < 1.29 is 4.79 Å². The number of nitrogen functional groups attached to an aromatic ring is 1. The van der Waals surface area contributed by atoms with Crippen LogP contribution < -0.4 is 11.1 Å². The summed E-state index contributed by atoms with van der Waals surface area (Å²) in [6.45, 7) is 5.07. The first-order valence-corrected chi connectivity index (χ1v) is 8.22. The first kappa shape index (κ1) is 17.1. The van der Waals surface area contributed by atoms with E-state index in [0.29, 0.717) is 18.9 Å². The van der Waals surface area contributed by atoms with E-state index in [4.69, 9.17) is 5.73 Å². The number of nitrogens with one attached hydrogen (secondary N) is 1. The van der Waals surface area contributed by atoms with Crippen molar-refractivity contribution in [1.82, 2.24) is 5.32 Å². The van der Waals surface area contributed by atoms with E-state index >= 15 is 0 Å². The first-order chi connectivity index (χ1) is 11.0. The molecule has 0 bridgehead atoms. The predicted molar refractivity (Wildman–Crippen MR) is 96.3 cm³/mol. The van der Waals surface area contributed by atoms with Gasteiger partial charge in [-0.1, -0.05) is 50.2 Å². The van der Waals surface area contributed by atoms with E-state index in [-0.39, 0.29) is 5.91 Å². The molecule has 3 N–H and O–H groups in total. The fourth-order valence-corrected chi connectivity index (χ4v) is 2.54.